The molecule has 0 radical (unpaired) electrons. The number of carbonyl (C=O) groups is 3. The van der Waals surface area contributed by atoms with Crippen molar-refractivity contribution >= 4 is 34.7 Å². The van der Waals surface area contributed by atoms with E-state index in [1.165, 1.54) is 9.58 Å². The lowest BCUT2D eigenvalue weighted by atomic mass is 9.91. The van der Waals surface area contributed by atoms with Crippen LogP contribution in [0.3, 0.4) is 0 Å². The summed E-state index contributed by atoms with van der Waals surface area (Å²) in [6.07, 6.45) is 4.26. The Morgan fingerprint density at radius 3 is 2.63 bits per heavy atom. The highest BCUT2D eigenvalue weighted by Gasteiger charge is 2.41. The summed E-state index contributed by atoms with van der Waals surface area (Å²) in [5.41, 5.74) is 9.30. The summed E-state index contributed by atoms with van der Waals surface area (Å²) in [6.45, 7) is -0.578. The second-order valence-corrected chi connectivity index (χ2v) is 10.2. The van der Waals surface area contributed by atoms with Crippen molar-refractivity contribution in [2.75, 3.05) is 6.54 Å². The lowest BCUT2D eigenvalue weighted by molar-refractivity contribution is -0.139. The summed E-state index contributed by atoms with van der Waals surface area (Å²) in [6, 6.07) is 14.5. The zero-order chi connectivity index (χ0) is 28.7. The Labute approximate surface area is 234 Å². The van der Waals surface area contributed by atoms with Crippen molar-refractivity contribution in [3.05, 3.63) is 89.9 Å². The van der Waals surface area contributed by atoms with Crippen LogP contribution < -0.4 is 11.1 Å². The van der Waals surface area contributed by atoms with Crippen LogP contribution in [0.5, 0.6) is 0 Å². The predicted octanol–water partition coefficient (Wildman–Crippen LogP) is 2.38. The second kappa shape index (κ2) is 10.6. The van der Waals surface area contributed by atoms with E-state index < -0.39 is 42.1 Å². The number of nitrogens with one attached hydrogen (secondary N) is 1. The van der Waals surface area contributed by atoms with Gasteiger partial charge in [-0.05, 0) is 46.5 Å². The monoisotopic (exact) mass is 554 g/mol. The molecule has 0 saturated carbocycles. The van der Waals surface area contributed by atoms with Crippen LogP contribution in [0.2, 0.25) is 0 Å². The number of likely N-dealkylation sites (tertiary alicyclic amines) is 1. The Kier molecular flexibility index (Phi) is 6.80. The Hall–Kier alpha value is -4.90. The van der Waals surface area contributed by atoms with Gasteiger partial charge in [0.05, 0.1) is 18.1 Å². The van der Waals surface area contributed by atoms with E-state index in [0.717, 1.165) is 16.7 Å². The number of hydrogen-bond donors (Lipinski definition) is 3. The van der Waals surface area contributed by atoms with Gasteiger partial charge in [-0.15, -0.1) is 0 Å². The highest BCUT2D eigenvalue weighted by Crippen LogP contribution is 2.30. The number of halogens is 1. The first-order valence-electron chi connectivity index (χ1n) is 13.2. The van der Waals surface area contributed by atoms with Crippen molar-refractivity contribution in [2.24, 2.45) is 5.73 Å². The number of fused-ring (bicyclic) bond motifs is 2. The van der Waals surface area contributed by atoms with Crippen molar-refractivity contribution in [1.29, 1.82) is 0 Å². The Bertz CT molecular complexity index is 1690. The predicted molar refractivity (Wildman–Crippen MR) is 149 cm³/mol. The number of aromatic nitrogens is 3. The number of carbonyl (C=O) groups excluding carboxylic acids is 3. The molecule has 4 atom stereocenters. The third kappa shape index (κ3) is 4.95. The van der Waals surface area contributed by atoms with Crippen molar-refractivity contribution in [2.45, 2.75) is 37.3 Å². The van der Waals surface area contributed by atoms with Gasteiger partial charge >= 0.3 is 0 Å². The average Bonchev–Trinajstić information content (AvgIpc) is 3.55. The minimum atomic E-state index is -1.39. The minimum absolute atomic E-state index is 0.00106. The third-order valence-electron chi connectivity index (χ3n) is 7.60. The van der Waals surface area contributed by atoms with Crippen LogP contribution in [0.25, 0.3) is 28.1 Å². The molecule has 6 rings (SSSR count). The number of hydrogen-bond acceptors (Lipinski definition) is 6. The standard InChI is InChI=1S/C30H27FN6O4/c31-20-14-25(30(41)34-23-7-5-18-3-1-2-4-21(18)28(23)39)36(15-20)26(38)16-37-24-8-6-19(17-9-11-33-12-10-17)13-22(24)27(35-37)29(32)40/h1-13,20,23,25,28,39H,14-16H2,(H2,32,40)(H,34,41). The lowest BCUT2D eigenvalue weighted by Crippen LogP contribution is -2.50. The van der Waals surface area contributed by atoms with E-state index >= 15 is 0 Å². The van der Waals surface area contributed by atoms with Crippen LogP contribution in [-0.2, 0) is 16.1 Å². The van der Waals surface area contributed by atoms with Gasteiger partial charge in [-0.25, -0.2) is 4.39 Å². The third-order valence-corrected chi connectivity index (χ3v) is 7.60. The Morgan fingerprint density at radius 2 is 1.85 bits per heavy atom. The van der Waals surface area contributed by atoms with Gasteiger partial charge < -0.3 is 21.1 Å². The van der Waals surface area contributed by atoms with Crippen LogP contribution in [0, 0.1) is 0 Å². The number of aliphatic hydroxyl groups is 1. The van der Waals surface area contributed by atoms with E-state index in [9.17, 15) is 23.9 Å². The highest BCUT2D eigenvalue weighted by molar-refractivity contribution is 6.05. The van der Waals surface area contributed by atoms with Crippen LogP contribution in [-0.4, -0.2) is 67.3 Å². The number of pyridine rings is 1. The van der Waals surface area contributed by atoms with E-state index in [2.05, 4.69) is 15.4 Å². The maximum atomic E-state index is 14.6. The van der Waals surface area contributed by atoms with Gasteiger partial charge in [-0.2, -0.15) is 5.10 Å². The van der Waals surface area contributed by atoms with E-state index in [1.807, 2.05) is 36.4 Å². The molecule has 2 aliphatic rings. The van der Waals surface area contributed by atoms with Crippen LogP contribution in [0.15, 0.2) is 73.1 Å². The SMILES string of the molecule is NC(=O)c1nn(CC(=O)N2CC(F)CC2C(=O)NC2C=Cc3ccccc3C2O)c2ccc(-c3ccncc3)cc12. The molecule has 41 heavy (non-hydrogen) atoms. The van der Waals surface area contributed by atoms with Gasteiger partial charge in [0.25, 0.3) is 5.91 Å². The molecule has 1 saturated heterocycles. The largest absolute Gasteiger partial charge is 0.386 e. The molecule has 0 spiro atoms. The molecule has 2 aromatic heterocycles. The van der Waals surface area contributed by atoms with E-state index in [1.54, 1.807) is 42.7 Å². The van der Waals surface area contributed by atoms with Crippen LogP contribution >= 0.6 is 0 Å². The molecule has 4 unspecified atom stereocenters. The average molecular weight is 555 g/mol. The molecule has 1 aliphatic carbocycles. The maximum Gasteiger partial charge on any atom is 0.269 e. The fourth-order valence-corrected chi connectivity index (χ4v) is 5.56. The second-order valence-electron chi connectivity index (χ2n) is 10.2. The Morgan fingerprint density at radius 1 is 1.07 bits per heavy atom. The van der Waals surface area contributed by atoms with Crippen molar-refractivity contribution in [1.82, 2.24) is 25.0 Å². The molecule has 4 aromatic rings. The molecular formula is C30H27FN6O4. The number of alkyl halides is 1. The molecule has 11 heteroatoms. The number of benzene rings is 2. The first kappa shape index (κ1) is 26.3. The highest BCUT2D eigenvalue weighted by atomic mass is 19.1. The number of primary amides is 1. The van der Waals surface area contributed by atoms with Crippen molar-refractivity contribution in [3.8, 4) is 11.1 Å². The first-order chi connectivity index (χ1) is 19.8. The van der Waals surface area contributed by atoms with Gasteiger partial charge in [0.2, 0.25) is 11.8 Å². The summed E-state index contributed by atoms with van der Waals surface area (Å²) in [5.74, 6) is -1.85. The summed E-state index contributed by atoms with van der Waals surface area (Å²) < 4.78 is 15.9. The molecule has 1 aliphatic heterocycles. The van der Waals surface area contributed by atoms with E-state index in [-0.39, 0.29) is 25.2 Å². The number of aliphatic hydroxyl groups excluding tert-OH is 1. The maximum absolute atomic E-state index is 14.6. The molecule has 208 valence electrons. The number of nitrogens with two attached hydrogens (primary N) is 1. The minimum Gasteiger partial charge on any atom is -0.386 e. The molecule has 2 aromatic carbocycles. The van der Waals surface area contributed by atoms with Gasteiger partial charge in [0.1, 0.15) is 24.9 Å². The van der Waals surface area contributed by atoms with Crippen molar-refractivity contribution in [3.63, 3.8) is 0 Å². The van der Waals surface area contributed by atoms with Gasteiger partial charge in [0, 0.05) is 24.2 Å². The normalized spacial score (nSPS) is 21.6. The molecule has 0 bridgehead atoms. The number of rotatable bonds is 6. The molecule has 1 fully saturated rings. The first-order valence-corrected chi connectivity index (χ1v) is 13.2. The fourth-order valence-electron chi connectivity index (χ4n) is 5.56. The lowest BCUT2D eigenvalue weighted by Gasteiger charge is -2.29. The van der Waals surface area contributed by atoms with Crippen LogP contribution in [0.1, 0.15) is 34.1 Å². The molecule has 3 heterocycles. The van der Waals surface area contributed by atoms with E-state index in [0.29, 0.717) is 16.5 Å². The topological polar surface area (TPSA) is 143 Å². The Balaban J connectivity index is 1.22. The molecule has 3 amide bonds. The zero-order valence-electron chi connectivity index (χ0n) is 21.9. The fraction of sp³-hybridized carbons (Fsp3) is 0.233. The molecular weight excluding hydrogens is 527 g/mol. The molecule has 4 N–H and O–H groups in total. The quantitative estimate of drug-likeness (QED) is 0.334. The summed E-state index contributed by atoms with van der Waals surface area (Å²) >= 11 is 0. The summed E-state index contributed by atoms with van der Waals surface area (Å²) in [7, 11) is 0. The molecule has 10 nitrogen and oxygen atoms in total. The smallest absolute Gasteiger partial charge is 0.269 e. The van der Waals surface area contributed by atoms with Crippen LogP contribution in [0.4, 0.5) is 4.39 Å². The summed E-state index contributed by atoms with van der Waals surface area (Å²) in [5, 5.41) is 18.3. The van der Waals surface area contributed by atoms with E-state index in [4.69, 9.17) is 5.73 Å². The number of amides is 3. The zero-order valence-corrected chi connectivity index (χ0v) is 21.9. The summed E-state index contributed by atoms with van der Waals surface area (Å²) in [4.78, 5) is 44.1. The number of nitrogens with zero attached hydrogens (tertiary/aromatic N) is 4. The van der Waals surface area contributed by atoms with Crippen molar-refractivity contribution < 1.29 is 23.9 Å². The van der Waals surface area contributed by atoms with Gasteiger partial charge in [-0.3, -0.25) is 24.0 Å². The van der Waals surface area contributed by atoms with Gasteiger partial charge in [-0.1, -0.05) is 42.5 Å². The van der Waals surface area contributed by atoms with Gasteiger partial charge in [0.15, 0.2) is 5.69 Å².